The molecule has 0 aliphatic heterocycles. The van der Waals surface area contributed by atoms with Crippen LogP contribution in [-0.4, -0.2) is 16.6 Å². The van der Waals surface area contributed by atoms with Gasteiger partial charge >= 0.3 is 0 Å². The molecule has 0 aromatic carbocycles. The zero-order valence-electron chi connectivity index (χ0n) is 6.11. The van der Waals surface area contributed by atoms with Crippen LogP contribution in [0.25, 0.3) is 0 Å². The average molecular weight is 149 g/mol. The Bertz CT molecular complexity index is 279. The Hall–Kier alpha value is -1.63. The van der Waals surface area contributed by atoms with Crippen molar-refractivity contribution in [3.05, 3.63) is 18.1 Å². The van der Waals surface area contributed by atoms with E-state index in [0.717, 1.165) is 0 Å². The molecule has 1 aromatic rings. The maximum atomic E-state index is 8.51. The molecule has 0 saturated heterocycles. The first-order valence-corrected chi connectivity index (χ1v) is 3.22. The zero-order valence-corrected chi connectivity index (χ0v) is 6.11. The van der Waals surface area contributed by atoms with Gasteiger partial charge in [-0.25, -0.2) is 9.97 Å². The number of nitrogens with zero attached hydrogens (tertiary/aromatic N) is 3. The van der Waals surface area contributed by atoms with E-state index in [1.165, 1.54) is 12.4 Å². The first kappa shape index (κ1) is 7.48. The predicted octanol–water partition coefficient (Wildman–Crippen LogP) is 0.747. The lowest BCUT2D eigenvalue weighted by Gasteiger charge is -2.00. The van der Waals surface area contributed by atoms with Gasteiger partial charge in [-0.2, -0.15) is 5.26 Å². The fraction of sp³-hybridized carbons (Fsp3) is 0.286. The van der Waals surface area contributed by atoms with Gasteiger partial charge in [0.25, 0.3) is 5.88 Å². The topological polar surface area (TPSA) is 58.8 Å². The highest BCUT2D eigenvalue weighted by Crippen LogP contribution is 2.08. The lowest BCUT2D eigenvalue weighted by atomic mass is 10.5. The van der Waals surface area contributed by atoms with Crippen LogP contribution in [0.1, 0.15) is 12.6 Å². The quantitative estimate of drug-likeness (QED) is 0.622. The molecular weight excluding hydrogens is 142 g/mol. The lowest BCUT2D eigenvalue weighted by Crippen LogP contribution is -1.98. The summed E-state index contributed by atoms with van der Waals surface area (Å²) in [6.07, 6.45) is 2.95. The van der Waals surface area contributed by atoms with Crippen LogP contribution in [0.15, 0.2) is 12.4 Å². The van der Waals surface area contributed by atoms with E-state index in [0.29, 0.717) is 12.5 Å². The number of nitriles is 1. The molecule has 0 unspecified atom stereocenters. The van der Waals surface area contributed by atoms with Crippen molar-refractivity contribution in [3.63, 3.8) is 0 Å². The molecule has 1 heterocycles. The first-order chi connectivity index (χ1) is 5.38. The van der Waals surface area contributed by atoms with Crippen LogP contribution in [-0.2, 0) is 0 Å². The Morgan fingerprint density at radius 2 is 2.27 bits per heavy atom. The van der Waals surface area contributed by atoms with E-state index >= 15 is 0 Å². The van der Waals surface area contributed by atoms with E-state index in [9.17, 15) is 0 Å². The maximum absolute atomic E-state index is 8.51. The van der Waals surface area contributed by atoms with Crippen molar-refractivity contribution in [3.8, 4) is 11.9 Å². The van der Waals surface area contributed by atoms with Crippen molar-refractivity contribution < 1.29 is 4.74 Å². The Morgan fingerprint density at radius 3 is 2.91 bits per heavy atom. The van der Waals surface area contributed by atoms with E-state index in [2.05, 4.69) is 9.97 Å². The van der Waals surface area contributed by atoms with Gasteiger partial charge in [0.2, 0.25) is 5.69 Å². The molecular formula is C7H7N3O. The van der Waals surface area contributed by atoms with Gasteiger partial charge in [-0.3, -0.25) is 0 Å². The van der Waals surface area contributed by atoms with Crippen LogP contribution in [0, 0.1) is 11.3 Å². The summed E-state index contributed by atoms with van der Waals surface area (Å²) in [4.78, 5) is 7.60. The largest absolute Gasteiger partial charge is 0.476 e. The number of rotatable bonds is 2. The van der Waals surface area contributed by atoms with Gasteiger partial charge in [-0.15, -0.1) is 0 Å². The van der Waals surface area contributed by atoms with Gasteiger partial charge in [-0.05, 0) is 6.92 Å². The van der Waals surface area contributed by atoms with Crippen LogP contribution in [0.4, 0.5) is 0 Å². The third-order valence-electron chi connectivity index (χ3n) is 1.05. The summed E-state index contributed by atoms with van der Waals surface area (Å²) in [6.45, 7) is 2.32. The molecule has 1 aromatic heterocycles. The van der Waals surface area contributed by atoms with Crippen molar-refractivity contribution in [2.24, 2.45) is 0 Å². The summed E-state index contributed by atoms with van der Waals surface area (Å²) in [5.41, 5.74) is 0.231. The minimum Gasteiger partial charge on any atom is -0.476 e. The molecule has 56 valence electrons. The second kappa shape index (κ2) is 3.52. The molecule has 0 fully saturated rings. The van der Waals surface area contributed by atoms with Crippen molar-refractivity contribution in [1.82, 2.24) is 9.97 Å². The fourth-order valence-electron chi connectivity index (χ4n) is 0.644. The van der Waals surface area contributed by atoms with Crippen LogP contribution in [0.3, 0.4) is 0 Å². The molecule has 0 N–H and O–H groups in total. The Labute approximate surface area is 64.5 Å². The molecule has 0 bridgehead atoms. The van der Waals surface area contributed by atoms with E-state index in [1.54, 1.807) is 0 Å². The Morgan fingerprint density at radius 1 is 1.55 bits per heavy atom. The highest BCUT2D eigenvalue weighted by Gasteiger charge is 2.02. The summed E-state index contributed by atoms with van der Waals surface area (Å²) in [7, 11) is 0. The SMILES string of the molecule is CCOc1nccnc1C#N. The minimum absolute atomic E-state index is 0.231. The number of ether oxygens (including phenoxy) is 1. The number of hydrogen-bond donors (Lipinski definition) is 0. The van der Waals surface area contributed by atoms with Gasteiger partial charge < -0.3 is 4.74 Å². The van der Waals surface area contributed by atoms with Crippen LogP contribution in [0.2, 0.25) is 0 Å². The standard InChI is InChI=1S/C7H7N3O/c1-2-11-7-6(5-8)9-3-4-10-7/h3-4H,2H2,1H3. The average Bonchev–Trinajstić information content (AvgIpc) is 2.06. The number of aromatic nitrogens is 2. The molecule has 0 spiro atoms. The zero-order chi connectivity index (χ0) is 8.10. The minimum atomic E-state index is 0.231. The summed E-state index contributed by atoms with van der Waals surface area (Å²) in [5, 5.41) is 8.51. The van der Waals surface area contributed by atoms with Crippen molar-refractivity contribution in [2.75, 3.05) is 6.61 Å². The summed E-state index contributed by atoms with van der Waals surface area (Å²) in [6, 6.07) is 1.88. The molecule has 0 amide bonds. The highest BCUT2D eigenvalue weighted by molar-refractivity contribution is 5.29. The van der Waals surface area contributed by atoms with Gasteiger partial charge in [0, 0.05) is 12.4 Å². The molecule has 11 heavy (non-hydrogen) atoms. The normalized spacial score (nSPS) is 8.73. The molecule has 0 aliphatic carbocycles. The summed E-state index contributed by atoms with van der Waals surface area (Å²) < 4.78 is 5.03. The van der Waals surface area contributed by atoms with Crippen molar-refractivity contribution in [2.45, 2.75) is 6.92 Å². The van der Waals surface area contributed by atoms with Crippen LogP contribution >= 0.6 is 0 Å². The lowest BCUT2D eigenvalue weighted by molar-refractivity contribution is 0.324. The van der Waals surface area contributed by atoms with Crippen LogP contribution in [0.5, 0.6) is 5.88 Å². The van der Waals surface area contributed by atoms with E-state index in [4.69, 9.17) is 10.00 Å². The number of hydrogen-bond acceptors (Lipinski definition) is 4. The van der Waals surface area contributed by atoms with E-state index < -0.39 is 0 Å². The second-order valence-electron chi connectivity index (χ2n) is 1.75. The summed E-state index contributed by atoms with van der Waals surface area (Å²) in [5.74, 6) is 0.303. The Kier molecular flexibility index (Phi) is 2.39. The van der Waals surface area contributed by atoms with Gasteiger partial charge in [0.1, 0.15) is 6.07 Å². The van der Waals surface area contributed by atoms with Crippen molar-refractivity contribution in [1.29, 1.82) is 5.26 Å². The smallest absolute Gasteiger partial charge is 0.251 e. The van der Waals surface area contributed by atoms with Crippen LogP contribution < -0.4 is 4.74 Å². The first-order valence-electron chi connectivity index (χ1n) is 3.22. The van der Waals surface area contributed by atoms with Crippen molar-refractivity contribution >= 4 is 0 Å². The molecule has 0 saturated carbocycles. The maximum Gasteiger partial charge on any atom is 0.251 e. The molecule has 4 heteroatoms. The van der Waals surface area contributed by atoms with Gasteiger partial charge in [0.15, 0.2) is 0 Å². The third kappa shape index (κ3) is 1.64. The fourth-order valence-corrected chi connectivity index (χ4v) is 0.644. The highest BCUT2D eigenvalue weighted by atomic mass is 16.5. The second-order valence-corrected chi connectivity index (χ2v) is 1.75. The third-order valence-corrected chi connectivity index (χ3v) is 1.05. The van der Waals surface area contributed by atoms with E-state index in [-0.39, 0.29) is 5.69 Å². The van der Waals surface area contributed by atoms with Gasteiger partial charge in [-0.1, -0.05) is 0 Å². The van der Waals surface area contributed by atoms with E-state index in [1.807, 2.05) is 13.0 Å². The van der Waals surface area contributed by atoms with Gasteiger partial charge in [0.05, 0.1) is 6.61 Å². The Balaban J connectivity index is 2.95. The molecule has 0 radical (unpaired) electrons. The molecule has 0 aliphatic rings. The molecule has 4 nitrogen and oxygen atoms in total. The molecule has 0 atom stereocenters. The monoisotopic (exact) mass is 149 g/mol. The predicted molar refractivity (Wildman–Crippen MR) is 37.9 cm³/mol. The summed E-state index contributed by atoms with van der Waals surface area (Å²) >= 11 is 0. The molecule has 1 rings (SSSR count).